The lowest BCUT2D eigenvalue weighted by Crippen LogP contribution is -2.57. The molecule has 3 atom stereocenters. The van der Waals surface area contributed by atoms with Crippen LogP contribution in [0, 0.1) is 5.92 Å². The number of benzene rings is 1. The summed E-state index contributed by atoms with van der Waals surface area (Å²) in [6.07, 6.45) is 0.432. The number of amides is 3. The summed E-state index contributed by atoms with van der Waals surface area (Å²) < 4.78 is 4.96. The van der Waals surface area contributed by atoms with Gasteiger partial charge in [-0.2, -0.15) is 0 Å². The Morgan fingerprint density at radius 3 is 2.56 bits per heavy atom. The Morgan fingerprint density at radius 1 is 1.22 bits per heavy atom. The lowest BCUT2D eigenvalue weighted by atomic mass is 9.93. The van der Waals surface area contributed by atoms with E-state index in [1.54, 1.807) is 4.90 Å². The summed E-state index contributed by atoms with van der Waals surface area (Å²) in [5.41, 5.74) is 0.877. The van der Waals surface area contributed by atoms with Gasteiger partial charge in [0.1, 0.15) is 0 Å². The molecular weight excluding hydrogens is 350 g/mol. The standard InChI is InChI=1S/C19H23N3O5/c1-12(23)20-9-16(24)21-10-14-8-15(19(26)27-2)18(22(14)17(25)11-21)13-6-4-3-5-7-13/h3-7,14-15,18H,8-11H2,1-2H3,(H,20,23)/t14-,15-,18-/m0/s1. The van der Waals surface area contributed by atoms with Gasteiger partial charge in [0, 0.05) is 13.5 Å². The molecule has 3 amide bonds. The van der Waals surface area contributed by atoms with E-state index in [1.165, 1.54) is 18.9 Å². The van der Waals surface area contributed by atoms with Crippen molar-refractivity contribution in [2.24, 2.45) is 5.92 Å². The van der Waals surface area contributed by atoms with Crippen molar-refractivity contribution in [3.05, 3.63) is 35.9 Å². The minimum absolute atomic E-state index is 0.0633. The van der Waals surface area contributed by atoms with Crippen molar-refractivity contribution in [3.63, 3.8) is 0 Å². The number of esters is 1. The molecule has 2 aliphatic heterocycles. The number of methoxy groups -OCH3 is 1. The number of carbonyl (C=O) groups excluding carboxylic acids is 4. The van der Waals surface area contributed by atoms with Crippen molar-refractivity contribution >= 4 is 23.7 Å². The number of hydrogen-bond acceptors (Lipinski definition) is 5. The van der Waals surface area contributed by atoms with Crippen LogP contribution < -0.4 is 5.32 Å². The first-order valence-corrected chi connectivity index (χ1v) is 8.88. The maximum absolute atomic E-state index is 12.9. The van der Waals surface area contributed by atoms with Crippen LogP contribution in [0.2, 0.25) is 0 Å². The van der Waals surface area contributed by atoms with E-state index in [1.807, 2.05) is 30.3 Å². The molecule has 2 heterocycles. The van der Waals surface area contributed by atoms with Crippen LogP contribution in [0.25, 0.3) is 0 Å². The summed E-state index contributed by atoms with van der Waals surface area (Å²) >= 11 is 0. The second kappa shape index (κ2) is 7.77. The van der Waals surface area contributed by atoms with E-state index in [9.17, 15) is 19.2 Å². The summed E-state index contributed by atoms with van der Waals surface area (Å²) in [7, 11) is 1.34. The topological polar surface area (TPSA) is 96.0 Å². The third-order valence-electron chi connectivity index (χ3n) is 5.13. The molecule has 8 heteroatoms. The highest BCUT2D eigenvalue weighted by atomic mass is 16.5. The van der Waals surface area contributed by atoms with Crippen LogP contribution in [0.1, 0.15) is 24.9 Å². The van der Waals surface area contributed by atoms with Crippen molar-refractivity contribution in [1.82, 2.24) is 15.1 Å². The van der Waals surface area contributed by atoms with Crippen LogP contribution in [0.3, 0.4) is 0 Å². The molecule has 0 aliphatic carbocycles. The van der Waals surface area contributed by atoms with Crippen molar-refractivity contribution in [2.45, 2.75) is 25.4 Å². The molecule has 1 aromatic rings. The largest absolute Gasteiger partial charge is 0.469 e. The lowest BCUT2D eigenvalue weighted by Gasteiger charge is -2.40. The van der Waals surface area contributed by atoms with E-state index in [0.29, 0.717) is 13.0 Å². The van der Waals surface area contributed by atoms with Gasteiger partial charge in [0.25, 0.3) is 0 Å². The first-order chi connectivity index (χ1) is 12.9. The minimum atomic E-state index is -0.475. The Bertz CT molecular complexity index is 751. The Labute approximate surface area is 157 Å². The Kier molecular flexibility index (Phi) is 5.43. The summed E-state index contributed by atoms with van der Waals surface area (Å²) in [6.45, 7) is 1.46. The first kappa shape index (κ1) is 18.9. The van der Waals surface area contributed by atoms with Crippen molar-refractivity contribution in [2.75, 3.05) is 26.7 Å². The number of rotatable bonds is 4. The summed E-state index contributed by atoms with van der Waals surface area (Å²) in [4.78, 5) is 51.7. The highest BCUT2D eigenvalue weighted by Crippen LogP contribution is 2.43. The fraction of sp³-hybridized carbons (Fsp3) is 0.474. The lowest BCUT2D eigenvalue weighted by molar-refractivity contribution is -0.150. The van der Waals surface area contributed by atoms with Gasteiger partial charge in [-0.05, 0) is 12.0 Å². The van der Waals surface area contributed by atoms with E-state index in [2.05, 4.69) is 5.32 Å². The maximum atomic E-state index is 12.9. The third kappa shape index (κ3) is 3.79. The molecule has 0 saturated carbocycles. The third-order valence-corrected chi connectivity index (χ3v) is 5.13. The van der Waals surface area contributed by atoms with Gasteiger partial charge in [-0.1, -0.05) is 30.3 Å². The normalized spacial score (nSPS) is 24.4. The maximum Gasteiger partial charge on any atom is 0.311 e. The van der Waals surface area contributed by atoms with Crippen LogP contribution in [0.15, 0.2) is 30.3 Å². The molecule has 0 bridgehead atoms. The summed E-state index contributed by atoms with van der Waals surface area (Å²) in [5.74, 6) is -1.65. The Hall–Kier alpha value is -2.90. The van der Waals surface area contributed by atoms with E-state index >= 15 is 0 Å². The van der Waals surface area contributed by atoms with Gasteiger partial charge in [0.2, 0.25) is 17.7 Å². The SMILES string of the molecule is COC(=O)[C@H]1C[C@H]2CN(C(=O)CNC(C)=O)CC(=O)N2[C@H]1c1ccccc1. The zero-order chi connectivity index (χ0) is 19.6. The molecule has 0 spiro atoms. The molecule has 2 saturated heterocycles. The fourth-order valence-corrected chi connectivity index (χ4v) is 3.96. The number of hydrogen-bond donors (Lipinski definition) is 1. The molecule has 1 aromatic carbocycles. The highest BCUT2D eigenvalue weighted by molar-refractivity contribution is 5.90. The number of nitrogens with zero attached hydrogens (tertiary/aromatic N) is 2. The van der Waals surface area contributed by atoms with Crippen LogP contribution in [-0.4, -0.2) is 66.3 Å². The van der Waals surface area contributed by atoms with E-state index < -0.39 is 12.0 Å². The van der Waals surface area contributed by atoms with Gasteiger partial charge in [-0.25, -0.2) is 0 Å². The first-order valence-electron chi connectivity index (χ1n) is 8.88. The number of nitrogens with one attached hydrogen (secondary N) is 1. The van der Waals surface area contributed by atoms with Gasteiger partial charge in [0.15, 0.2) is 0 Å². The fourth-order valence-electron chi connectivity index (χ4n) is 3.96. The molecule has 3 rings (SSSR count). The van der Waals surface area contributed by atoms with E-state index in [-0.39, 0.29) is 42.8 Å². The number of carbonyl (C=O) groups is 4. The number of piperazine rings is 1. The second-order valence-electron chi connectivity index (χ2n) is 6.86. The van der Waals surface area contributed by atoms with Crippen LogP contribution in [0.5, 0.6) is 0 Å². The zero-order valence-electron chi connectivity index (χ0n) is 15.4. The van der Waals surface area contributed by atoms with E-state index in [4.69, 9.17) is 4.74 Å². The monoisotopic (exact) mass is 373 g/mol. The predicted molar refractivity (Wildman–Crippen MR) is 95.2 cm³/mol. The summed E-state index contributed by atoms with van der Waals surface area (Å²) in [6, 6.07) is 8.74. The number of ether oxygens (including phenoxy) is 1. The van der Waals surface area contributed by atoms with Gasteiger partial charge in [-0.15, -0.1) is 0 Å². The Balaban J connectivity index is 1.83. The smallest absolute Gasteiger partial charge is 0.311 e. The van der Waals surface area contributed by atoms with Crippen molar-refractivity contribution in [3.8, 4) is 0 Å². The molecule has 2 fully saturated rings. The average molecular weight is 373 g/mol. The molecule has 144 valence electrons. The molecule has 27 heavy (non-hydrogen) atoms. The molecule has 0 unspecified atom stereocenters. The molecule has 1 N–H and O–H groups in total. The van der Waals surface area contributed by atoms with Crippen molar-refractivity contribution < 1.29 is 23.9 Å². The van der Waals surface area contributed by atoms with Crippen LogP contribution in [0.4, 0.5) is 0 Å². The second-order valence-corrected chi connectivity index (χ2v) is 6.86. The molecule has 8 nitrogen and oxygen atoms in total. The predicted octanol–water partition coefficient (Wildman–Crippen LogP) is 0.0961. The molecule has 2 aliphatic rings. The van der Waals surface area contributed by atoms with Gasteiger partial charge < -0.3 is 19.9 Å². The Morgan fingerprint density at radius 2 is 1.93 bits per heavy atom. The summed E-state index contributed by atoms with van der Waals surface area (Å²) in [5, 5.41) is 2.46. The van der Waals surface area contributed by atoms with Crippen LogP contribution in [-0.2, 0) is 23.9 Å². The highest BCUT2D eigenvalue weighted by Gasteiger charge is 2.51. The molecule has 0 radical (unpaired) electrons. The van der Waals surface area contributed by atoms with Crippen molar-refractivity contribution in [1.29, 1.82) is 0 Å². The average Bonchev–Trinajstić information content (AvgIpc) is 3.06. The van der Waals surface area contributed by atoms with E-state index in [0.717, 1.165) is 5.56 Å². The van der Waals surface area contributed by atoms with Gasteiger partial charge >= 0.3 is 5.97 Å². The quantitative estimate of drug-likeness (QED) is 0.755. The zero-order valence-corrected chi connectivity index (χ0v) is 15.4. The molecular formula is C19H23N3O5. The minimum Gasteiger partial charge on any atom is -0.469 e. The van der Waals surface area contributed by atoms with Crippen LogP contribution >= 0.6 is 0 Å². The molecule has 0 aromatic heterocycles. The van der Waals surface area contributed by atoms with Gasteiger partial charge in [0.05, 0.1) is 38.2 Å². The van der Waals surface area contributed by atoms with Gasteiger partial charge in [-0.3, -0.25) is 19.2 Å². The number of fused-ring (bicyclic) bond motifs is 1.